The maximum Gasteiger partial charge on any atom is 0.341 e. The highest BCUT2D eigenvalue weighted by molar-refractivity contribution is 6.02. The standard InChI is InChI=1S/C20H22N2O8/c1-27-14-8-11(9-15(28-2)18(14)29-3)19(25)21-10-16(23)22-13-7-5-6-12(17(13)24)20(26)30-4/h5-9,24H,10H2,1-4H3,(H,21,25)(H,22,23). The highest BCUT2D eigenvalue weighted by Crippen LogP contribution is 2.38. The number of aromatic hydroxyl groups is 1. The van der Waals surface area contributed by atoms with Crippen molar-refractivity contribution in [3.8, 4) is 23.0 Å². The van der Waals surface area contributed by atoms with E-state index in [9.17, 15) is 19.5 Å². The van der Waals surface area contributed by atoms with Gasteiger partial charge in [-0.1, -0.05) is 6.07 Å². The Balaban J connectivity index is 2.09. The third-order valence-corrected chi connectivity index (χ3v) is 4.05. The smallest absolute Gasteiger partial charge is 0.341 e. The van der Waals surface area contributed by atoms with E-state index >= 15 is 0 Å². The first-order valence-electron chi connectivity index (χ1n) is 8.64. The molecule has 0 fully saturated rings. The number of benzene rings is 2. The second-order valence-electron chi connectivity index (χ2n) is 5.84. The third kappa shape index (κ3) is 4.90. The molecule has 0 aliphatic rings. The molecule has 2 aromatic rings. The zero-order valence-electron chi connectivity index (χ0n) is 16.9. The highest BCUT2D eigenvalue weighted by Gasteiger charge is 2.19. The van der Waals surface area contributed by atoms with E-state index < -0.39 is 30.1 Å². The predicted molar refractivity (Wildman–Crippen MR) is 107 cm³/mol. The van der Waals surface area contributed by atoms with Crippen LogP contribution in [-0.2, 0) is 9.53 Å². The summed E-state index contributed by atoms with van der Waals surface area (Å²) in [6, 6.07) is 7.11. The van der Waals surface area contributed by atoms with Crippen molar-refractivity contribution in [1.29, 1.82) is 0 Å². The number of phenols is 1. The lowest BCUT2D eigenvalue weighted by Gasteiger charge is -2.14. The number of carbonyl (C=O) groups is 3. The van der Waals surface area contributed by atoms with Crippen molar-refractivity contribution in [1.82, 2.24) is 5.32 Å². The molecule has 0 saturated carbocycles. The van der Waals surface area contributed by atoms with Gasteiger partial charge >= 0.3 is 5.97 Å². The molecule has 30 heavy (non-hydrogen) atoms. The number of hydrogen-bond acceptors (Lipinski definition) is 8. The van der Waals surface area contributed by atoms with E-state index in [0.717, 1.165) is 0 Å². The molecule has 160 valence electrons. The van der Waals surface area contributed by atoms with E-state index in [2.05, 4.69) is 15.4 Å². The minimum atomic E-state index is -0.751. The van der Waals surface area contributed by atoms with E-state index in [0.29, 0.717) is 5.75 Å². The number of ether oxygens (including phenoxy) is 4. The van der Waals surface area contributed by atoms with Gasteiger partial charge in [0.25, 0.3) is 5.91 Å². The molecule has 0 bridgehead atoms. The first kappa shape index (κ1) is 22.3. The van der Waals surface area contributed by atoms with Crippen molar-refractivity contribution in [2.75, 3.05) is 40.3 Å². The number of amides is 2. The molecule has 2 aromatic carbocycles. The van der Waals surface area contributed by atoms with Crippen LogP contribution in [0.2, 0.25) is 0 Å². The number of carbonyl (C=O) groups excluding carboxylic acids is 3. The molecule has 0 spiro atoms. The van der Waals surface area contributed by atoms with Gasteiger partial charge in [-0.3, -0.25) is 9.59 Å². The van der Waals surface area contributed by atoms with Crippen molar-refractivity contribution in [3.05, 3.63) is 41.5 Å². The number of rotatable bonds is 8. The number of esters is 1. The Hall–Kier alpha value is -3.95. The molecule has 0 aliphatic heterocycles. The molecule has 2 rings (SSSR count). The Labute approximate surface area is 172 Å². The van der Waals surface area contributed by atoms with Crippen LogP contribution in [0.15, 0.2) is 30.3 Å². The quantitative estimate of drug-likeness (QED) is 0.435. The van der Waals surface area contributed by atoms with Gasteiger partial charge in [-0.05, 0) is 24.3 Å². The summed E-state index contributed by atoms with van der Waals surface area (Å²) < 4.78 is 20.2. The average Bonchev–Trinajstić information content (AvgIpc) is 2.77. The fourth-order valence-electron chi connectivity index (χ4n) is 2.59. The second kappa shape index (κ2) is 10.0. The molecule has 0 atom stereocenters. The molecule has 10 heteroatoms. The van der Waals surface area contributed by atoms with Crippen molar-refractivity contribution in [2.45, 2.75) is 0 Å². The summed E-state index contributed by atoms with van der Waals surface area (Å²) in [5.41, 5.74) is 0.0922. The Morgan fingerprint density at radius 2 is 1.60 bits per heavy atom. The third-order valence-electron chi connectivity index (χ3n) is 4.05. The molecular weight excluding hydrogens is 396 g/mol. The van der Waals surface area contributed by atoms with Crippen LogP contribution in [-0.4, -0.2) is 57.9 Å². The van der Waals surface area contributed by atoms with Gasteiger partial charge in [0.1, 0.15) is 5.56 Å². The van der Waals surface area contributed by atoms with Crippen LogP contribution < -0.4 is 24.8 Å². The predicted octanol–water partition coefficient (Wildman–Crippen LogP) is 1.57. The lowest BCUT2D eigenvalue weighted by molar-refractivity contribution is -0.115. The van der Waals surface area contributed by atoms with Crippen LogP contribution in [0.1, 0.15) is 20.7 Å². The van der Waals surface area contributed by atoms with Gasteiger partial charge in [-0.2, -0.15) is 0 Å². The molecule has 0 aromatic heterocycles. The van der Waals surface area contributed by atoms with Crippen LogP contribution in [0, 0.1) is 0 Å². The van der Waals surface area contributed by atoms with Crippen LogP contribution in [0.25, 0.3) is 0 Å². The minimum Gasteiger partial charge on any atom is -0.505 e. The number of anilines is 1. The lowest BCUT2D eigenvalue weighted by atomic mass is 10.1. The number of phenolic OH excluding ortho intramolecular Hbond substituents is 1. The average molecular weight is 418 g/mol. The monoisotopic (exact) mass is 418 g/mol. The van der Waals surface area contributed by atoms with Crippen molar-refractivity contribution in [2.24, 2.45) is 0 Å². The summed E-state index contributed by atoms with van der Waals surface area (Å²) in [6.45, 7) is -0.391. The van der Waals surface area contributed by atoms with E-state index in [1.54, 1.807) is 0 Å². The fourth-order valence-corrected chi connectivity index (χ4v) is 2.59. The van der Waals surface area contributed by atoms with Gasteiger partial charge in [-0.15, -0.1) is 0 Å². The Morgan fingerprint density at radius 3 is 2.13 bits per heavy atom. The van der Waals surface area contributed by atoms with Gasteiger partial charge in [0.05, 0.1) is 40.7 Å². The maximum absolute atomic E-state index is 12.4. The molecule has 0 unspecified atom stereocenters. The van der Waals surface area contributed by atoms with Gasteiger partial charge in [0, 0.05) is 5.56 Å². The molecule has 0 heterocycles. The van der Waals surface area contributed by atoms with Gasteiger partial charge in [0.15, 0.2) is 17.2 Å². The Morgan fingerprint density at radius 1 is 0.967 bits per heavy atom. The molecule has 0 saturated heterocycles. The second-order valence-corrected chi connectivity index (χ2v) is 5.84. The highest BCUT2D eigenvalue weighted by atomic mass is 16.5. The van der Waals surface area contributed by atoms with Gasteiger partial charge in [0.2, 0.25) is 11.7 Å². The van der Waals surface area contributed by atoms with Crippen LogP contribution >= 0.6 is 0 Å². The zero-order valence-corrected chi connectivity index (χ0v) is 16.9. The molecule has 2 amide bonds. The fraction of sp³-hybridized carbons (Fsp3) is 0.250. The topological polar surface area (TPSA) is 132 Å². The summed E-state index contributed by atoms with van der Waals surface area (Å²) in [5.74, 6) is -1.46. The van der Waals surface area contributed by atoms with E-state index in [1.807, 2.05) is 0 Å². The normalized spacial score (nSPS) is 10.0. The number of hydrogen-bond donors (Lipinski definition) is 3. The number of nitrogens with one attached hydrogen (secondary N) is 2. The van der Waals surface area contributed by atoms with E-state index in [1.165, 1.54) is 58.8 Å². The Kier molecular flexibility index (Phi) is 7.45. The van der Waals surface area contributed by atoms with Crippen LogP contribution in [0.3, 0.4) is 0 Å². The zero-order chi connectivity index (χ0) is 22.3. The molecule has 0 radical (unpaired) electrons. The molecule has 3 N–H and O–H groups in total. The minimum absolute atomic E-state index is 0.00457. The van der Waals surface area contributed by atoms with E-state index in [-0.39, 0.29) is 28.3 Å². The van der Waals surface area contributed by atoms with E-state index in [4.69, 9.17) is 14.2 Å². The van der Waals surface area contributed by atoms with Crippen molar-refractivity contribution in [3.63, 3.8) is 0 Å². The lowest BCUT2D eigenvalue weighted by Crippen LogP contribution is -2.33. The summed E-state index contributed by atoms with van der Waals surface area (Å²) in [5, 5.41) is 15.0. The largest absolute Gasteiger partial charge is 0.505 e. The summed E-state index contributed by atoms with van der Waals surface area (Å²) in [4.78, 5) is 36.2. The van der Waals surface area contributed by atoms with Crippen LogP contribution in [0.4, 0.5) is 5.69 Å². The summed E-state index contributed by atoms with van der Waals surface area (Å²) in [7, 11) is 5.45. The Bertz CT molecular complexity index is 933. The maximum atomic E-state index is 12.4. The van der Waals surface area contributed by atoms with Crippen molar-refractivity contribution >= 4 is 23.5 Å². The molecule has 10 nitrogen and oxygen atoms in total. The van der Waals surface area contributed by atoms with Gasteiger partial charge < -0.3 is 34.7 Å². The van der Waals surface area contributed by atoms with Gasteiger partial charge in [-0.25, -0.2) is 4.79 Å². The first-order valence-corrected chi connectivity index (χ1v) is 8.64. The summed E-state index contributed by atoms with van der Waals surface area (Å²) in [6.07, 6.45) is 0. The molecular formula is C20H22N2O8. The van der Waals surface area contributed by atoms with Crippen LogP contribution in [0.5, 0.6) is 23.0 Å². The number of para-hydroxylation sites is 1. The SMILES string of the molecule is COC(=O)c1cccc(NC(=O)CNC(=O)c2cc(OC)c(OC)c(OC)c2)c1O. The summed E-state index contributed by atoms with van der Waals surface area (Å²) >= 11 is 0. The molecule has 0 aliphatic carbocycles. The van der Waals surface area contributed by atoms with Crippen molar-refractivity contribution < 1.29 is 38.4 Å². The number of methoxy groups -OCH3 is 4. The first-order chi connectivity index (χ1) is 14.4.